The average molecular weight is 366 g/mol. The van der Waals surface area contributed by atoms with Crippen LogP contribution in [0.1, 0.15) is 31.7 Å². The Labute approximate surface area is 128 Å². The lowest BCUT2D eigenvalue weighted by molar-refractivity contribution is -0.147. The molecule has 2 atom stereocenters. The summed E-state index contributed by atoms with van der Waals surface area (Å²) in [4.78, 5) is 11.4. The fourth-order valence-electron chi connectivity index (χ4n) is 2.72. The SMILES string of the molecule is CC1(C(=O)O)CCCC1Nc1cc(Br)ccc1C(F)(F)F. The van der Waals surface area contributed by atoms with Crippen LogP contribution >= 0.6 is 15.9 Å². The lowest BCUT2D eigenvalue weighted by Crippen LogP contribution is -2.40. The molecule has 0 aromatic heterocycles. The maximum absolute atomic E-state index is 13.0. The Kier molecular flexibility index (Phi) is 4.24. The largest absolute Gasteiger partial charge is 0.481 e. The summed E-state index contributed by atoms with van der Waals surface area (Å²) in [6.45, 7) is 1.57. The number of halogens is 4. The number of alkyl halides is 3. The monoisotopic (exact) mass is 365 g/mol. The van der Waals surface area contributed by atoms with Crippen LogP contribution in [0.2, 0.25) is 0 Å². The Morgan fingerprint density at radius 3 is 2.71 bits per heavy atom. The van der Waals surface area contributed by atoms with Crippen LogP contribution in [0.4, 0.5) is 18.9 Å². The summed E-state index contributed by atoms with van der Waals surface area (Å²) in [5, 5.41) is 12.1. The second kappa shape index (κ2) is 5.51. The van der Waals surface area contributed by atoms with E-state index in [1.807, 2.05) is 0 Å². The topological polar surface area (TPSA) is 49.3 Å². The average Bonchev–Trinajstić information content (AvgIpc) is 2.71. The number of carboxylic acids is 1. The zero-order valence-corrected chi connectivity index (χ0v) is 12.9. The lowest BCUT2D eigenvalue weighted by Gasteiger charge is -2.29. The van der Waals surface area contributed by atoms with Gasteiger partial charge in [-0.3, -0.25) is 4.79 Å². The van der Waals surface area contributed by atoms with Crippen molar-refractivity contribution in [2.75, 3.05) is 5.32 Å². The lowest BCUT2D eigenvalue weighted by atomic mass is 9.84. The predicted molar refractivity (Wildman–Crippen MR) is 76.1 cm³/mol. The smallest absolute Gasteiger partial charge is 0.418 e. The molecule has 2 rings (SSSR count). The number of aliphatic carboxylic acids is 1. The molecule has 1 aromatic carbocycles. The number of hydrogen-bond acceptors (Lipinski definition) is 2. The van der Waals surface area contributed by atoms with Crippen LogP contribution in [0.25, 0.3) is 0 Å². The molecule has 21 heavy (non-hydrogen) atoms. The van der Waals surface area contributed by atoms with Crippen LogP contribution in [-0.4, -0.2) is 17.1 Å². The molecule has 0 heterocycles. The van der Waals surface area contributed by atoms with Gasteiger partial charge in [-0.25, -0.2) is 0 Å². The molecule has 2 N–H and O–H groups in total. The molecule has 1 aliphatic carbocycles. The van der Waals surface area contributed by atoms with Gasteiger partial charge in [0.1, 0.15) is 0 Å². The second-order valence-corrected chi connectivity index (χ2v) is 6.42. The second-order valence-electron chi connectivity index (χ2n) is 5.50. The number of nitrogens with one attached hydrogen (secondary N) is 1. The summed E-state index contributed by atoms with van der Waals surface area (Å²) >= 11 is 3.15. The highest BCUT2D eigenvalue weighted by molar-refractivity contribution is 9.10. The third-order valence-electron chi connectivity index (χ3n) is 4.06. The zero-order valence-electron chi connectivity index (χ0n) is 11.3. The minimum atomic E-state index is -4.48. The van der Waals surface area contributed by atoms with Crippen molar-refractivity contribution < 1.29 is 23.1 Å². The van der Waals surface area contributed by atoms with Crippen LogP contribution in [0.15, 0.2) is 22.7 Å². The van der Waals surface area contributed by atoms with Crippen molar-refractivity contribution >= 4 is 27.6 Å². The molecule has 1 fully saturated rings. The fourth-order valence-corrected chi connectivity index (χ4v) is 3.09. The molecule has 0 radical (unpaired) electrons. The minimum absolute atomic E-state index is 0.0868. The molecule has 1 aliphatic rings. The zero-order chi connectivity index (χ0) is 15.8. The summed E-state index contributed by atoms with van der Waals surface area (Å²) in [6.07, 6.45) is -2.82. The molecule has 0 saturated heterocycles. The third-order valence-corrected chi connectivity index (χ3v) is 4.56. The number of carboxylic acid groups (broad SMARTS) is 1. The van der Waals surface area contributed by atoms with Gasteiger partial charge in [-0.1, -0.05) is 22.4 Å². The van der Waals surface area contributed by atoms with Crippen molar-refractivity contribution in [2.24, 2.45) is 5.41 Å². The van der Waals surface area contributed by atoms with Gasteiger partial charge in [-0.2, -0.15) is 13.2 Å². The third kappa shape index (κ3) is 3.17. The first kappa shape index (κ1) is 16.1. The Balaban J connectivity index is 2.35. The van der Waals surface area contributed by atoms with Crippen molar-refractivity contribution in [2.45, 2.75) is 38.4 Å². The van der Waals surface area contributed by atoms with E-state index in [1.54, 1.807) is 6.92 Å². The van der Waals surface area contributed by atoms with E-state index in [9.17, 15) is 23.1 Å². The van der Waals surface area contributed by atoms with E-state index in [2.05, 4.69) is 21.2 Å². The van der Waals surface area contributed by atoms with E-state index in [-0.39, 0.29) is 5.69 Å². The Bertz CT molecular complexity index is 562. The van der Waals surface area contributed by atoms with E-state index in [0.717, 1.165) is 6.07 Å². The molecule has 3 nitrogen and oxygen atoms in total. The van der Waals surface area contributed by atoms with E-state index < -0.39 is 29.2 Å². The molecule has 0 amide bonds. The van der Waals surface area contributed by atoms with Crippen LogP contribution in [0.3, 0.4) is 0 Å². The van der Waals surface area contributed by atoms with Gasteiger partial charge in [0.05, 0.1) is 11.0 Å². The molecule has 1 aromatic rings. The van der Waals surface area contributed by atoms with Gasteiger partial charge < -0.3 is 10.4 Å². The molecule has 0 bridgehead atoms. The normalized spacial score (nSPS) is 25.9. The standard InChI is InChI=1S/C14H15BrF3NO2/c1-13(12(20)21)6-2-3-11(13)19-10-7-8(15)4-5-9(10)14(16,17)18/h4-5,7,11,19H,2-3,6H2,1H3,(H,20,21). The number of anilines is 1. The van der Waals surface area contributed by atoms with E-state index in [1.165, 1.54) is 12.1 Å². The number of carbonyl (C=O) groups is 1. The molecule has 7 heteroatoms. The van der Waals surface area contributed by atoms with Crippen LogP contribution in [0.5, 0.6) is 0 Å². The molecule has 0 aliphatic heterocycles. The van der Waals surface area contributed by atoms with Gasteiger partial charge in [0.15, 0.2) is 0 Å². The summed E-state index contributed by atoms with van der Waals surface area (Å²) in [7, 11) is 0. The quantitative estimate of drug-likeness (QED) is 0.827. The number of benzene rings is 1. The Morgan fingerprint density at radius 1 is 1.48 bits per heavy atom. The van der Waals surface area contributed by atoms with Crippen molar-refractivity contribution in [1.82, 2.24) is 0 Å². The van der Waals surface area contributed by atoms with Crippen molar-refractivity contribution in [3.63, 3.8) is 0 Å². The first-order chi connectivity index (χ1) is 9.64. The minimum Gasteiger partial charge on any atom is -0.481 e. The summed E-state index contributed by atoms with van der Waals surface area (Å²) < 4.78 is 39.6. The van der Waals surface area contributed by atoms with Crippen LogP contribution < -0.4 is 5.32 Å². The van der Waals surface area contributed by atoms with Crippen molar-refractivity contribution in [3.8, 4) is 0 Å². The van der Waals surface area contributed by atoms with E-state index >= 15 is 0 Å². The highest BCUT2D eigenvalue weighted by Crippen LogP contribution is 2.42. The molecule has 0 spiro atoms. The van der Waals surface area contributed by atoms with E-state index in [0.29, 0.717) is 23.7 Å². The Morgan fingerprint density at radius 2 is 2.14 bits per heavy atom. The van der Waals surface area contributed by atoms with Crippen LogP contribution in [-0.2, 0) is 11.0 Å². The molecular weight excluding hydrogens is 351 g/mol. The number of hydrogen-bond donors (Lipinski definition) is 2. The molecule has 2 unspecified atom stereocenters. The van der Waals surface area contributed by atoms with Crippen molar-refractivity contribution in [3.05, 3.63) is 28.2 Å². The first-order valence-corrected chi connectivity index (χ1v) is 7.30. The molecule has 116 valence electrons. The van der Waals surface area contributed by atoms with Gasteiger partial charge in [0.25, 0.3) is 0 Å². The molecule has 1 saturated carbocycles. The first-order valence-electron chi connectivity index (χ1n) is 6.51. The number of rotatable bonds is 3. The highest BCUT2D eigenvalue weighted by Gasteiger charge is 2.46. The maximum Gasteiger partial charge on any atom is 0.418 e. The van der Waals surface area contributed by atoms with E-state index in [4.69, 9.17) is 0 Å². The van der Waals surface area contributed by atoms with Crippen molar-refractivity contribution in [1.29, 1.82) is 0 Å². The fraction of sp³-hybridized carbons (Fsp3) is 0.500. The van der Waals surface area contributed by atoms with Gasteiger partial charge in [0.2, 0.25) is 0 Å². The highest BCUT2D eigenvalue weighted by atomic mass is 79.9. The Hall–Kier alpha value is -1.24. The predicted octanol–water partition coefficient (Wildman–Crippen LogP) is 4.52. The maximum atomic E-state index is 13.0. The summed E-state index contributed by atoms with van der Waals surface area (Å²) in [6, 6.07) is 3.12. The summed E-state index contributed by atoms with van der Waals surface area (Å²) in [5.74, 6) is -0.985. The van der Waals surface area contributed by atoms with Gasteiger partial charge in [-0.05, 0) is 38.0 Å². The van der Waals surface area contributed by atoms with Crippen LogP contribution in [0, 0.1) is 5.41 Å². The van der Waals surface area contributed by atoms with Gasteiger partial charge in [-0.15, -0.1) is 0 Å². The molecular formula is C14H15BrF3NO2. The summed E-state index contributed by atoms with van der Waals surface area (Å²) in [5.41, 5.74) is -1.92. The van der Waals surface area contributed by atoms with Gasteiger partial charge in [0, 0.05) is 16.2 Å². The van der Waals surface area contributed by atoms with Gasteiger partial charge >= 0.3 is 12.1 Å².